The summed E-state index contributed by atoms with van der Waals surface area (Å²) in [6, 6.07) is 4.09. The van der Waals surface area contributed by atoms with E-state index in [9.17, 15) is 14.4 Å². The van der Waals surface area contributed by atoms with Gasteiger partial charge in [-0.2, -0.15) is 0 Å². The fraction of sp³-hybridized carbons (Fsp3) is 0.400. The number of hydrogen-bond donors (Lipinski definition) is 1. The number of hydrogen-bond acceptors (Lipinski definition) is 5. The molecule has 4 unspecified atom stereocenters. The quantitative estimate of drug-likeness (QED) is 0.655. The van der Waals surface area contributed by atoms with Crippen LogP contribution in [0.5, 0.6) is 0 Å². The molecule has 1 aromatic heterocycles. The zero-order valence-electron chi connectivity index (χ0n) is 15.1. The first-order valence-corrected chi connectivity index (χ1v) is 9.95. The minimum Gasteiger partial charge on any atom is -0.300 e. The Labute approximate surface area is 160 Å². The predicted molar refractivity (Wildman–Crippen MR) is 102 cm³/mol. The highest BCUT2D eigenvalue weighted by atomic mass is 32.1. The molecule has 1 aliphatic heterocycles. The number of nitrogens with zero attached hydrogens (tertiary/aromatic N) is 2. The average molecular weight is 381 g/mol. The van der Waals surface area contributed by atoms with Crippen LogP contribution in [-0.4, -0.2) is 34.2 Å². The molecule has 2 fully saturated rings. The molecular formula is C20H19N3O3S. The normalized spacial score (nSPS) is 28.4. The molecule has 7 heteroatoms. The molecule has 0 radical (unpaired) electrons. The number of anilines is 1. The molecule has 1 saturated heterocycles. The molecule has 138 valence electrons. The van der Waals surface area contributed by atoms with Crippen LogP contribution < -0.4 is 5.32 Å². The zero-order valence-corrected chi connectivity index (χ0v) is 15.9. The smallest absolute Gasteiger partial charge is 0.246 e. The summed E-state index contributed by atoms with van der Waals surface area (Å²) in [7, 11) is 0. The second kappa shape index (κ2) is 5.73. The lowest BCUT2D eigenvalue weighted by molar-refractivity contribution is -0.143. The number of benzene rings is 1. The highest BCUT2D eigenvalue weighted by molar-refractivity contribution is 7.22. The van der Waals surface area contributed by atoms with Gasteiger partial charge in [0.2, 0.25) is 17.7 Å². The van der Waals surface area contributed by atoms with E-state index < -0.39 is 0 Å². The molecule has 27 heavy (non-hydrogen) atoms. The summed E-state index contributed by atoms with van der Waals surface area (Å²) in [6.45, 7) is 3.77. The zero-order chi connectivity index (χ0) is 18.9. The van der Waals surface area contributed by atoms with Crippen LogP contribution in [0, 0.1) is 37.5 Å². The monoisotopic (exact) mass is 381 g/mol. The van der Waals surface area contributed by atoms with Gasteiger partial charge >= 0.3 is 0 Å². The third kappa shape index (κ3) is 2.45. The Kier molecular flexibility index (Phi) is 3.53. The standard InChI is InChI=1S/C20H19N3O3S/c1-9-5-10(2)17-13(6-9)27-20(22-17)21-14(24)8-23-18(25)15-11-3-4-12(7-11)16(15)19(23)26/h3-6,11-12,15-16H,7-8H2,1-2H3,(H,21,22,24). The van der Waals surface area contributed by atoms with E-state index in [1.165, 1.54) is 11.3 Å². The number of thiazole rings is 1. The topological polar surface area (TPSA) is 79.4 Å². The van der Waals surface area contributed by atoms with E-state index in [4.69, 9.17) is 0 Å². The largest absolute Gasteiger partial charge is 0.300 e. The molecule has 4 atom stereocenters. The number of likely N-dealkylation sites (tertiary alicyclic amines) is 1. The van der Waals surface area contributed by atoms with Gasteiger partial charge in [-0.05, 0) is 49.3 Å². The average Bonchev–Trinajstić information content (AvgIpc) is 3.35. The SMILES string of the molecule is Cc1cc(C)c2nc(NC(=O)CN3C(=O)C4C5C=CC(C5)C4C3=O)sc2c1. The molecule has 3 amide bonds. The van der Waals surface area contributed by atoms with Gasteiger partial charge in [0.25, 0.3) is 0 Å². The molecular weight excluding hydrogens is 362 g/mol. The maximum absolute atomic E-state index is 12.7. The van der Waals surface area contributed by atoms with Crippen molar-refractivity contribution in [1.29, 1.82) is 0 Å². The predicted octanol–water partition coefficient (Wildman–Crippen LogP) is 2.66. The molecule has 1 saturated carbocycles. The number of allylic oxidation sites excluding steroid dienone is 2. The summed E-state index contributed by atoms with van der Waals surface area (Å²) in [5.41, 5.74) is 3.07. The maximum Gasteiger partial charge on any atom is 0.246 e. The van der Waals surface area contributed by atoms with Gasteiger partial charge in [0, 0.05) is 0 Å². The molecule has 2 heterocycles. The van der Waals surface area contributed by atoms with Gasteiger partial charge in [-0.3, -0.25) is 19.3 Å². The lowest BCUT2D eigenvalue weighted by atomic mass is 9.85. The number of carbonyl (C=O) groups is 3. The Morgan fingerprint density at radius 1 is 1.19 bits per heavy atom. The van der Waals surface area contributed by atoms with Crippen molar-refractivity contribution in [3.8, 4) is 0 Å². The number of aromatic nitrogens is 1. The van der Waals surface area contributed by atoms with Crippen molar-refractivity contribution >= 4 is 44.4 Å². The second-order valence-electron chi connectivity index (χ2n) is 7.76. The molecule has 2 bridgehead atoms. The van der Waals surface area contributed by atoms with Crippen molar-refractivity contribution < 1.29 is 14.4 Å². The number of carbonyl (C=O) groups excluding carboxylic acids is 3. The molecule has 0 spiro atoms. The van der Waals surface area contributed by atoms with Crippen LogP contribution >= 0.6 is 11.3 Å². The third-order valence-corrected chi connectivity index (χ3v) is 6.86. The van der Waals surface area contributed by atoms with Gasteiger partial charge in [0.05, 0.1) is 22.1 Å². The number of aryl methyl sites for hydroxylation is 2. The number of rotatable bonds is 3. The van der Waals surface area contributed by atoms with Gasteiger partial charge < -0.3 is 5.32 Å². The molecule has 3 aliphatic rings. The highest BCUT2D eigenvalue weighted by Gasteiger charge is 2.59. The molecule has 2 aliphatic carbocycles. The first kappa shape index (κ1) is 16.6. The summed E-state index contributed by atoms with van der Waals surface area (Å²) in [5.74, 6) is -1.02. The van der Waals surface area contributed by atoms with Crippen molar-refractivity contribution in [2.24, 2.45) is 23.7 Å². The van der Waals surface area contributed by atoms with Crippen LogP contribution in [0.3, 0.4) is 0 Å². The minimum atomic E-state index is -0.384. The number of imide groups is 1. The van der Waals surface area contributed by atoms with E-state index in [0.29, 0.717) is 5.13 Å². The van der Waals surface area contributed by atoms with Crippen LogP contribution in [0.1, 0.15) is 17.5 Å². The number of amides is 3. The third-order valence-electron chi connectivity index (χ3n) is 5.94. The van der Waals surface area contributed by atoms with E-state index in [2.05, 4.69) is 16.4 Å². The number of fused-ring (bicyclic) bond motifs is 6. The van der Waals surface area contributed by atoms with Gasteiger partial charge in [-0.15, -0.1) is 0 Å². The van der Waals surface area contributed by atoms with Crippen LogP contribution in [0.25, 0.3) is 10.2 Å². The van der Waals surface area contributed by atoms with Crippen molar-refractivity contribution in [1.82, 2.24) is 9.88 Å². The van der Waals surface area contributed by atoms with Gasteiger partial charge in [-0.1, -0.05) is 29.6 Å². The van der Waals surface area contributed by atoms with E-state index in [1.54, 1.807) is 0 Å². The van der Waals surface area contributed by atoms with E-state index in [0.717, 1.165) is 32.7 Å². The fourth-order valence-corrected chi connectivity index (χ4v) is 5.90. The molecule has 6 nitrogen and oxygen atoms in total. The van der Waals surface area contributed by atoms with Crippen LogP contribution in [0.2, 0.25) is 0 Å². The first-order valence-electron chi connectivity index (χ1n) is 9.13. The van der Waals surface area contributed by atoms with Gasteiger partial charge in [0.15, 0.2) is 5.13 Å². The van der Waals surface area contributed by atoms with E-state index in [1.807, 2.05) is 32.1 Å². The molecule has 2 aromatic rings. The lowest BCUT2D eigenvalue weighted by Crippen LogP contribution is -2.39. The summed E-state index contributed by atoms with van der Waals surface area (Å²) in [6.07, 6.45) is 4.98. The Balaban J connectivity index is 1.32. The minimum absolute atomic E-state index is 0.153. The molecule has 5 rings (SSSR count). The van der Waals surface area contributed by atoms with Crippen LogP contribution in [0.15, 0.2) is 24.3 Å². The molecule has 1 N–H and O–H groups in total. The van der Waals surface area contributed by atoms with Crippen molar-refractivity contribution in [3.63, 3.8) is 0 Å². The summed E-state index contributed by atoms with van der Waals surface area (Å²) in [4.78, 5) is 43.5. The molecule has 1 aromatic carbocycles. The van der Waals surface area contributed by atoms with E-state index >= 15 is 0 Å². The van der Waals surface area contributed by atoms with Crippen molar-refractivity contribution in [2.75, 3.05) is 11.9 Å². The van der Waals surface area contributed by atoms with Gasteiger partial charge in [0.1, 0.15) is 6.54 Å². The van der Waals surface area contributed by atoms with Crippen LogP contribution in [0.4, 0.5) is 5.13 Å². The first-order chi connectivity index (χ1) is 12.9. The number of nitrogens with one attached hydrogen (secondary N) is 1. The van der Waals surface area contributed by atoms with Crippen LogP contribution in [-0.2, 0) is 14.4 Å². The maximum atomic E-state index is 12.7. The Bertz CT molecular complexity index is 1010. The summed E-state index contributed by atoms with van der Waals surface area (Å²) in [5, 5.41) is 3.25. The Hall–Kier alpha value is -2.54. The van der Waals surface area contributed by atoms with Gasteiger partial charge in [-0.25, -0.2) is 4.98 Å². The highest BCUT2D eigenvalue weighted by Crippen LogP contribution is 2.52. The second-order valence-corrected chi connectivity index (χ2v) is 8.79. The van der Waals surface area contributed by atoms with Crippen molar-refractivity contribution in [2.45, 2.75) is 20.3 Å². The summed E-state index contributed by atoms with van der Waals surface area (Å²) >= 11 is 1.40. The Morgan fingerprint density at radius 3 is 2.52 bits per heavy atom. The van der Waals surface area contributed by atoms with E-state index in [-0.39, 0.29) is 47.9 Å². The summed E-state index contributed by atoms with van der Waals surface area (Å²) < 4.78 is 1.01. The fourth-order valence-electron chi connectivity index (χ4n) is 4.85. The lowest BCUT2D eigenvalue weighted by Gasteiger charge is -2.16. The van der Waals surface area contributed by atoms with Crippen molar-refractivity contribution in [3.05, 3.63) is 35.4 Å². The Morgan fingerprint density at radius 2 is 1.85 bits per heavy atom.